The third-order valence-corrected chi connectivity index (χ3v) is 4.93. The lowest BCUT2D eigenvalue weighted by atomic mass is 10.0. The van der Waals surface area contributed by atoms with Crippen LogP contribution in [-0.4, -0.2) is 17.6 Å². The van der Waals surface area contributed by atoms with Gasteiger partial charge in [0.2, 0.25) is 0 Å². The molecule has 1 aliphatic rings. The van der Waals surface area contributed by atoms with Crippen molar-refractivity contribution in [2.45, 2.75) is 13.8 Å². The predicted molar refractivity (Wildman–Crippen MR) is 100 cm³/mol. The van der Waals surface area contributed by atoms with Crippen LogP contribution >= 0.6 is 23.4 Å². The molecule has 0 aliphatic carbocycles. The Hall–Kier alpha value is -2.04. The summed E-state index contributed by atoms with van der Waals surface area (Å²) in [6, 6.07) is 14.4. The number of thioether (sulfide) groups is 1. The van der Waals surface area contributed by atoms with E-state index in [1.54, 1.807) is 24.3 Å². The number of carbonyl (C=O) groups excluding carboxylic acids is 2. The van der Waals surface area contributed by atoms with Crippen molar-refractivity contribution in [1.29, 1.82) is 0 Å². The zero-order valence-corrected chi connectivity index (χ0v) is 14.9. The van der Waals surface area contributed by atoms with Gasteiger partial charge >= 0.3 is 0 Å². The quantitative estimate of drug-likeness (QED) is 0.745. The number of halogens is 1. The van der Waals surface area contributed by atoms with Gasteiger partial charge < -0.3 is 0 Å². The zero-order valence-electron chi connectivity index (χ0n) is 13.4. The summed E-state index contributed by atoms with van der Waals surface area (Å²) < 4.78 is 0. The molecule has 2 aromatic carbocycles. The highest BCUT2D eigenvalue weighted by molar-refractivity contribution is 8.04. The lowest BCUT2D eigenvalue weighted by Gasteiger charge is -2.15. The first kappa shape index (κ1) is 16.8. The standard InChI is InChI=1S/C19H16ClNO2S/c1-3-24-17-16(13-9-7-12(2)8-10-13)18(22)21(19(17)23)15-6-4-5-14(20)11-15/h4-11H,3H2,1-2H3. The smallest absolute Gasteiger partial charge is 0.268 e. The Balaban J connectivity index is 2.09. The third kappa shape index (κ3) is 2.99. The van der Waals surface area contributed by atoms with Crippen molar-refractivity contribution in [2.75, 3.05) is 10.7 Å². The lowest BCUT2D eigenvalue weighted by Crippen LogP contribution is -2.31. The van der Waals surface area contributed by atoms with Gasteiger partial charge in [-0.3, -0.25) is 9.59 Å². The third-order valence-electron chi connectivity index (χ3n) is 3.74. The number of rotatable bonds is 4. The van der Waals surface area contributed by atoms with Gasteiger partial charge in [-0.2, -0.15) is 0 Å². The highest BCUT2D eigenvalue weighted by atomic mass is 35.5. The molecule has 122 valence electrons. The van der Waals surface area contributed by atoms with Crippen LogP contribution in [0.5, 0.6) is 0 Å². The molecule has 1 aliphatic heterocycles. The van der Waals surface area contributed by atoms with E-state index < -0.39 is 0 Å². The Bertz CT molecular complexity index is 843. The SMILES string of the molecule is CCSC1=C(c2ccc(C)cc2)C(=O)N(c2cccc(Cl)c2)C1=O. The van der Waals surface area contributed by atoms with Crippen LogP contribution in [-0.2, 0) is 9.59 Å². The summed E-state index contributed by atoms with van der Waals surface area (Å²) in [6.45, 7) is 3.95. The Morgan fingerprint density at radius 1 is 1.04 bits per heavy atom. The summed E-state index contributed by atoms with van der Waals surface area (Å²) >= 11 is 7.41. The number of imide groups is 1. The zero-order chi connectivity index (χ0) is 17.3. The van der Waals surface area contributed by atoms with E-state index in [0.29, 0.717) is 26.9 Å². The molecule has 5 heteroatoms. The number of amides is 2. The molecular formula is C19H16ClNO2S. The minimum Gasteiger partial charge on any atom is -0.268 e. The number of carbonyl (C=O) groups is 2. The number of anilines is 1. The molecule has 0 radical (unpaired) electrons. The first-order chi connectivity index (χ1) is 11.5. The largest absolute Gasteiger partial charge is 0.272 e. The van der Waals surface area contributed by atoms with Gasteiger partial charge in [-0.25, -0.2) is 4.90 Å². The van der Waals surface area contributed by atoms with Crippen molar-refractivity contribution < 1.29 is 9.59 Å². The normalized spacial score (nSPS) is 14.7. The maximum atomic E-state index is 13.0. The molecule has 0 saturated heterocycles. The summed E-state index contributed by atoms with van der Waals surface area (Å²) in [5, 5.41) is 0.488. The van der Waals surface area contributed by atoms with E-state index in [4.69, 9.17) is 11.6 Å². The van der Waals surface area contributed by atoms with Crippen LogP contribution in [0.4, 0.5) is 5.69 Å². The molecule has 0 bridgehead atoms. The molecule has 0 unspecified atom stereocenters. The number of benzene rings is 2. The second-order valence-electron chi connectivity index (χ2n) is 5.43. The fourth-order valence-corrected chi connectivity index (χ4v) is 3.65. The minimum absolute atomic E-state index is 0.287. The summed E-state index contributed by atoms with van der Waals surface area (Å²) in [5.41, 5.74) is 2.83. The molecule has 0 saturated carbocycles. The molecule has 24 heavy (non-hydrogen) atoms. The fraction of sp³-hybridized carbons (Fsp3) is 0.158. The first-order valence-corrected chi connectivity index (χ1v) is 8.97. The molecule has 0 spiro atoms. The van der Waals surface area contributed by atoms with E-state index in [1.807, 2.05) is 38.1 Å². The highest BCUT2D eigenvalue weighted by Gasteiger charge is 2.39. The van der Waals surface area contributed by atoms with Gasteiger partial charge in [0.1, 0.15) is 0 Å². The number of hydrogen-bond donors (Lipinski definition) is 0. The van der Waals surface area contributed by atoms with Gasteiger partial charge in [0.05, 0.1) is 16.2 Å². The van der Waals surface area contributed by atoms with Gasteiger partial charge in [0.15, 0.2) is 0 Å². The number of hydrogen-bond acceptors (Lipinski definition) is 3. The Kier molecular flexibility index (Phi) is 4.78. The molecule has 1 heterocycles. The summed E-state index contributed by atoms with van der Waals surface area (Å²) in [6.07, 6.45) is 0. The maximum absolute atomic E-state index is 13.0. The van der Waals surface area contributed by atoms with Crippen LogP contribution in [0.25, 0.3) is 5.57 Å². The van der Waals surface area contributed by atoms with E-state index in [0.717, 1.165) is 11.1 Å². The van der Waals surface area contributed by atoms with Crippen LogP contribution in [0.3, 0.4) is 0 Å². The minimum atomic E-state index is -0.304. The van der Waals surface area contributed by atoms with E-state index in [-0.39, 0.29) is 11.8 Å². The monoisotopic (exact) mass is 357 g/mol. The second kappa shape index (κ2) is 6.83. The second-order valence-corrected chi connectivity index (χ2v) is 7.14. The predicted octanol–water partition coefficient (Wildman–Crippen LogP) is 4.69. The van der Waals surface area contributed by atoms with Crippen molar-refractivity contribution in [1.82, 2.24) is 0 Å². The van der Waals surface area contributed by atoms with Gasteiger partial charge in [-0.15, -0.1) is 11.8 Å². The van der Waals surface area contributed by atoms with Crippen molar-refractivity contribution in [2.24, 2.45) is 0 Å². The van der Waals surface area contributed by atoms with Crippen molar-refractivity contribution in [3.8, 4) is 0 Å². The molecule has 0 atom stereocenters. The topological polar surface area (TPSA) is 37.4 Å². The van der Waals surface area contributed by atoms with Crippen molar-refractivity contribution >= 4 is 46.4 Å². The van der Waals surface area contributed by atoms with Crippen molar-refractivity contribution in [3.05, 3.63) is 69.6 Å². The fourth-order valence-electron chi connectivity index (χ4n) is 2.61. The highest BCUT2D eigenvalue weighted by Crippen LogP contribution is 2.38. The molecular weight excluding hydrogens is 342 g/mol. The van der Waals surface area contributed by atoms with Crippen molar-refractivity contribution in [3.63, 3.8) is 0 Å². The number of nitrogens with zero attached hydrogens (tertiary/aromatic N) is 1. The summed E-state index contributed by atoms with van der Waals surface area (Å²) in [4.78, 5) is 27.5. The summed E-state index contributed by atoms with van der Waals surface area (Å²) in [5.74, 6) is 0.124. The van der Waals surface area contributed by atoms with Crippen LogP contribution in [0.2, 0.25) is 5.02 Å². The van der Waals surface area contributed by atoms with Crippen LogP contribution in [0, 0.1) is 6.92 Å². The average Bonchev–Trinajstić information content (AvgIpc) is 2.80. The molecule has 2 aromatic rings. The Morgan fingerprint density at radius 2 is 1.75 bits per heavy atom. The van der Waals surface area contributed by atoms with Gasteiger partial charge in [-0.1, -0.05) is 54.4 Å². The molecule has 0 fully saturated rings. The van der Waals surface area contributed by atoms with Crippen LogP contribution in [0.1, 0.15) is 18.1 Å². The van der Waals surface area contributed by atoms with Crippen LogP contribution < -0.4 is 4.90 Å². The number of aryl methyl sites for hydroxylation is 1. The maximum Gasteiger partial charge on any atom is 0.272 e. The molecule has 3 nitrogen and oxygen atoms in total. The molecule has 3 rings (SSSR count). The van der Waals surface area contributed by atoms with Gasteiger partial charge in [0.25, 0.3) is 11.8 Å². The summed E-state index contributed by atoms with van der Waals surface area (Å²) in [7, 11) is 0. The molecule has 0 aromatic heterocycles. The van der Waals surface area contributed by atoms with Gasteiger partial charge in [-0.05, 0) is 36.4 Å². The van der Waals surface area contributed by atoms with E-state index in [1.165, 1.54) is 16.7 Å². The Labute approximate surface area is 150 Å². The average molecular weight is 358 g/mol. The Morgan fingerprint density at radius 3 is 2.38 bits per heavy atom. The van der Waals surface area contributed by atoms with Gasteiger partial charge in [0, 0.05) is 5.02 Å². The molecule has 2 amide bonds. The van der Waals surface area contributed by atoms with E-state index >= 15 is 0 Å². The van der Waals surface area contributed by atoms with E-state index in [9.17, 15) is 9.59 Å². The molecule has 0 N–H and O–H groups in total. The lowest BCUT2D eigenvalue weighted by molar-refractivity contribution is -0.119. The van der Waals surface area contributed by atoms with Crippen LogP contribution in [0.15, 0.2) is 53.4 Å². The van der Waals surface area contributed by atoms with E-state index in [2.05, 4.69) is 0 Å². The first-order valence-electron chi connectivity index (χ1n) is 7.61.